The molecule has 2 rings (SSSR count). The Balaban J connectivity index is 2.38. The predicted octanol–water partition coefficient (Wildman–Crippen LogP) is 6.11. The fourth-order valence-electron chi connectivity index (χ4n) is 1.86. The summed E-state index contributed by atoms with van der Waals surface area (Å²) in [4.78, 5) is 0. The molecule has 0 bridgehead atoms. The smallest absolute Gasteiger partial charge is 0.142 e. The van der Waals surface area contributed by atoms with Crippen molar-refractivity contribution < 1.29 is 13.5 Å². The average Bonchev–Trinajstić information content (AvgIpc) is 2.44. The number of hydrogen-bond donors (Lipinski definition) is 0. The van der Waals surface area contributed by atoms with Crippen LogP contribution in [0.15, 0.2) is 34.8 Å². The Morgan fingerprint density at radius 2 is 1.90 bits per heavy atom. The minimum Gasteiger partial charge on any atom is -0.493 e. The lowest BCUT2D eigenvalue weighted by Crippen LogP contribution is -2.00. The van der Waals surface area contributed by atoms with Gasteiger partial charge in [0.05, 0.1) is 21.5 Å². The van der Waals surface area contributed by atoms with Crippen LogP contribution >= 0.6 is 39.1 Å². The van der Waals surface area contributed by atoms with E-state index < -0.39 is 17.0 Å². The van der Waals surface area contributed by atoms with Crippen LogP contribution in [0.2, 0.25) is 5.02 Å². The summed E-state index contributed by atoms with van der Waals surface area (Å²) in [5.74, 6) is -0.692. The molecule has 0 saturated heterocycles. The molecule has 1 nitrogen and oxygen atoms in total. The number of ether oxygens (including phenoxy) is 1. The Kier molecular flexibility index (Phi) is 5.47. The molecule has 0 spiro atoms. The van der Waals surface area contributed by atoms with Crippen LogP contribution in [-0.4, -0.2) is 6.61 Å². The quantitative estimate of drug-likeness (QED) is 0.448. The molecule has 0 aromatic heterocycles. The summed E-state index contributed by atoms with van der Waals surface area (Å²) in [7, 11) is 0. The van der Waals surface area contributed by atoms with Gasteiger partial charge in [0.1, 0.15) is 17.4 Å². The third kappa shape index (κ3) is 3.68. The lowest BCUT2D eigenvalue weighted by molar-refractivity contribution is 0.338. The second kappa shape index (κ2) is 6.95. The van der Waals surface area contributed by atoms with E-state index >= 15 is 0 Å². The van der Waals surface area contributed by atoms with Crippen LogP contribution in [0.1, 0.15) is 23.4 Å². The minimum absolute atomic E-state index is 0.0367. The highest BCUT2D eigenvalue weighted by Crippen LogP contribution is 2.36. The Labute approximate surface area is 140 Å². The first-order chi connectivity index (χ1) is 9.93. The Morgan fingerprint density at radius 1 is 1.19 bits per heavy atom. The highest BCUT2D eigenvalue weighted by molar-refractivity contribution is 9.10. The van der Waals surface area contributed by atoms with Gasteiger partial charge in [-0.05, 0) is 52.7 Å². The van der Waals surface area contributed by atoms with Crippen molar-refractivity contribution in [1.29, 1.82) is 0 Å². The van der Waals surface area contributed by atoms with Crippen molar-refractivity contribution in [1.82, 2.24) is 0 Å². The first-order valence-electron chi connectivity index (χ1n) is 6.14. The molecule has 0 N–H and O–H groups in total. The molecule has 112 valence electrons. The van der Waals surface area contributed by atoms with Gasteiger partial charge in [0, 0.05) is 5.56 Å². The molecule has 2 aromatic rings. The maximum atomic E-state index is 13.9. The molecular weight excluding hydrogens is 385 g/mol. The number of rotatable bonds is 4. The minimum atomic E-state index is -0.830. The predicted molar refractivity (Wildman–Crippen MR) is 84.4 cm³/mol. The van der Waals surface area contributed by atoms with Gasteiger partial charge in [0.25, 0.3) is 0 Å². The van der Waals surface area contributed by atoms with E-state index in [1.807, 2.05) is 6.92 Å². The van der Waals surface area contributed by atoms with Crippen molar-refractivity contribution >= 4 is 39.1 Å². The maximum Gasteiger partial charge on any atom is 0.142 e. The number of benzene rings is 2. The van der Waals surface area contributed by atoms with Crippen LogP contribution in [0.4, 0.5) is 8.78 Å². The molecule has 0 fully saturated rings. The van der Waals surface area contributed by atoms with E-state index in [0.29, 0.717) is 22.4 Å². The third-order valence-corrected chi connectivity index (χ3v) is 4.26. The SMILES string of the molecule is CCOc1ccc(C(Cl)c2cc(F)c(Cl)cc2F)cc1Br. The van der Waals surface area contributed by atoms with Crippen molar-refractivity contribution in [3.63, 3.8) is 0 Å². The lowest BCUT2D eigenvalue weighted by atomic mass is 10.0. The highest BCUT2D eigenvalue weighted by atomic mass is 79.9. The van der Waals surface area contributed by atoms with E-state index in [4.69, 9.17) is 27.9 Å². The van der Waals surface area contributed by atoms with Gasteiger partial charge in [-0.3, -0.25) is 0 Å². The molecule has 0 amide bonds. The summed E-state index contributed by atoms with van der Waals surface area (Å²) < 4.78 is 33.5. The van der Waals surface area contributed by atoms with Gasteiger partial charge in [0.15, 0.2) is 0 Å². The van der Waals surface area contributed by atoms with Gasteiger partial charge in [-0.2, -0.15) is 0 Å². The highest BCUT2D eigenvalue weighted by Gasteiger charge is 2.19. The van der Waals surface area contributed by atoms with Gasteiger partial charge in [-0.25, -0.2) is 8.78 Å². The van der Waals surface area contributed by atoms with Crippen molar-refractivity contribution in [2.45, 2.75) is 12.3 Å². The first kappa shape index (κ1) is 16.5. The van der Waals surface area contributed by atoms with Crippen LogP contribution in [0, 0.1) is 11.6 Å². The van der Waals surface area contributed by atoms with Crippen molar-refractivity contribution in [3.05, 3.63) is 62.6 Å². The van der Waals surface area contributed by atoms with E-state index in [2.05, 4.69) is 15.9 Å². The Bertz CT molecular complexity index is 664. The van der Waals surface area contributed by atoms with Crippen molar-refractivity contribution in [2.24, 2.45) is 0 Å². The molecule has 2 aromatic carbocycles. The standard InChI is InChI=1S/C15H11BrCl2F2O/c1-2-21-14-4-3-8(5-10(14)16)15(18)9-6-13(20)11(17)7-12(9)19/h3-7,15H,2H2,1H3. The van der Waals surface area contributed by atoms with Gasteiger partial charge < -0.3 is 4.74 Å². The molecule has 0 aliphatic carbocycles. The van der Waals surface area contributed by atoms with Crippen molar-refractivity contribution in [3.8, 4) is 5.75 Å². The van der Waals surface area contributed by atoms with Crippen LogP contribution < -0.4 is 4.74 Å². The normalized spacial score (nSPS) is 12.3. The summed E-state index contributed by atoms with van der Waals surface area (Å²) in [6, 6.07) is 7.08. The summed E-state index contributed by atoms with van der Waals surface area (Å²) in [5, 5.41) is -1.10. The maximum absolute atomic E-state index is 13.9. The van der Waals surface area contributed by atoms with Crippen LogP contribution in [0.3, 0.4) is 0 Å². The largest absolute Gasteiger partial charge is 0.493 e. The zero-order valence-corrected chi connectivity index (χ0v) is 14.1. The first-order valence-corrected chi connectivity index (χ1v) is 7.75. The molecule has 0 heterocycles. The van der Waals surface area contributed by atoms with E-state index in [9.17, 15) is 8.78 Å². The molecule has 0 saturated carbocycles. The number of hydrogen-bond acceptors (Lipinski definition) is 1. The van der Waals surface area contributed by atoms with Crippen LogP contribution in [0.5, 0.6) is 5.75 Å². The topological polar surface area (TPSA) is 9.23 Å². The third-order valence-electron chi connectivity index (χ3n) is 2.86. The van der Waals surface area contributed by atoms with Crippen LogP contribution in [0.25, 0.3) is 0 Å². The summed E-state index contributed by atoms with van der Waals surface area (Å²) in [6.45, 7) is 2.40. The average molecular weight is 396 g/mol. The van der Waals surface area contributed by atoms with Crippen LogP contribution in [-0.2, 0) is 0 Å². The molecule has 21 heavy (non-hydrogen) atoms. The van der Waals surface area contributed by atoms with Gasteiger partial charge in [-0.15, -0.1) is 11.6 Å². The molecular formula is C15H11BrCl2F2O. The zero-order chi connectivity index (χ0) is 15.6. The van der Waals surface area contributed by atoms with E-state index in [1.54, 1.807) is 18.2 Å². The molecule has 0 radical (unpaired) electrons. The van der Waals surface area contributed by atoms with Gasteiger partial charge in [0.2, 0.25) is 0 Å². The van der Waals surface area contributed by atoms with Gasteiger partial charge >= 0.3 is 0 Å². The van der Waals surface area contributed by atoms with E-state index in [1.165, 1.54) is 0 Å². The monoisotopic (exact) mass is 394 g/mol. The molecule has 0 aliphatic heterocycles. The van der Waals surface area contributed by atoms with Gasteiger partial charge in [-0.1, -0.05) is 17.7 Å². The Hall–Kier alpha value is -0.840. The number of halogens is 5. The van der Waals surface area contributed by atoms with E-state index in [-0.39, 0.29) is 10.6 Å². The molecule has 1 unspecified atom stereocenters. The second-order valence-electron chi connectivity index (χ2n) is 4.27. The zero-order valence-electron chi connectivity index (χ0n) is 11.0. The summed E-state index contributed by atoms with van der Waals surface area (Å²) in [5.41, 5.74) is 0.655. The fourth-order valence-corrected chi connectivity index (χ4v) is 2.82. The number of alkyl halides is 1. The van der Waals surface area contributed by atoms with Crippen molar-refractivity contribution in [2.75, 3.05) is 6.61 Å². The second-order valence-corrected chi connectivity index (χ2v) is 5.97. The summed E-state index contributed by atoms with van der Waals surface area (Å²) in [6.07, 6.45) is 0. The fraction of sp³-hybridized carbons (Fsp3) is 0.200. The van der Waals surface area contributed by atoms with E-state index in [0.717, 1.165) is 12.1 Å². The summed E-state index contributed by atoms with van der Waals surface area (Å²) >= 11 is 15.1. The molecule has 0 aliphatic rings. The lowest BCUT2D eigenvalue weighted by Gasteiger charge is -2.14. The molecule has 6 heteroatoms. The Morgan fingerprint density at radius 3 is 2.52 bits per heavy atom. The molecule has 1 atom stereocenters.